The largest absolute Gasteiger partial charge is 0.497 e. The fourth-order valence-electron chi connectivity index (χ4n) is 1.65. The molecule has 1 heterocycles. The molecule has 0 radical (unpaired) electrons. The average molecular weight is 199 g/mol. The zero-order chi connectivity index (χ0) is 10.2. The van der Waals surface area contributed by atoms with Gasteiger partial charge in [0.05, 0.1) is 12.6 Å². The van der Waals surface area contributed by atoms with Gasteiger partial charge in [0, 0.05) is 13.7 Å². The van der Waals surface area contributed by atoms with Crippen molar-refractivity contribution in [3.8, 4) is 0 Å². The molecule has 0 aromatic rings. The molecule has 0 aliphatic carbocycles. The number of likely N-dealkylation sites (N-methyl/N-ethyl adjacent to an activating group) is 1. The Morgan fingerprint density at radius 3 is 3.07 bits per heavy atom. The van der Waals surface area contributed by atoms with Crippen molar-refractivity contribution in [2.75, 3.05) is 26.9 Å². The normalized spacial score (nSPS) is 18.6. The first-order valence-corrected chi connectivity index (χ1v) is 5.43. The number of allylic oxidation sites excluding steroid dienone is 1. The molecule has 1 unspecified atom stereocenters. The van der Waals surface area contributed by atoms with Gasteiger partial charge < -0.3 is 14.8 Å². The smallest absolute Gasteiger partial charge is 0.109 e. The topological polar surface area (TPSA) is 30.5 Å². The van der Waals surface area contributed by atoms with E-state index in [-0.39, 0.29) is 0 Å². The average Bonchev–Trinajstić information content (AvgIpc) is 2.25. The van der Waals surface area contributed by atoms with Crippen molar-refractivity contribution in [3.63, 3.8) is 0 Å². The van der Waals surface area contributed by atoms with Crippen LogP contribution in [-0.4, -0.2) is 32.9 Å². The summed E-state index contributed by atoms with van der Waals surface area (Å²) in [6, 6.07) is 0.334. The van der Waals surface area contributed by atoms with E-state index in [2.05, 4.69) is 18.3 Å². The van der Waals surface area contributed by atoms with Crippen LogP contribution in [0, 0.1) is 0 Å². The van der Waals surface area contributed by atoms with Crippen molar-refractivity contribution in [1.29, 1.82) is 0 Å². The molecule has 0 amide bonds. The molecule has 0 fully saturated rings. The fraction of sp³-hybridized carbons (Fsp3) is 0.818. The van der Waals surface area contributed by atoms with Gasteiger partial charge in [0.1, 0.15) is 5.76 Å². The molecule has 1 aliphatic rings. The molecule has 0 saturated carbocycles. The second-order valence-corrected chi connectivity index (χ2v) is 3.49. The van der Waals surface area contributed by atoms with Gasteiger partial charge in [0.2, 0.25) is 0 Å². The van der Waals surface area contributed by atoms with Crippen molar-refractivity contribution in [1.82, 2.24) is 5.32 Å². The first-order valence-electron chi connectivity index (χ1n) is 5.43. The predicted molar refractivity (Wildman–Crippen MR) is 57.2 cm³/mol. The van der Waals surface area contributed by atoms with E-state index < -0.39 is 0 Å². The van der Waals surface area contributed by atoms with Crippen LogP contribution in [0.2, 0.25) is 0 Å². The first-order chi connectivity index (χ1) is 6.88. The molecule has 0 bridgehead atoms. The van der Waals surface area contributed by atoms with E-state index in [4.69, 9.17) is 9.47 Å². The Kier molecular flexibility index (Phi) is 5.64. The number of rotatable bonds is 6. The Morgan fingerprint density at radius 2 is 2.50 bits per heavy atom. The minimum Gasteiger partial charge on any atom is -0.497 e. The van der Waals surface area contributed by atoms with Crippen molar-refractivity contribution in [2.45, 2.75) is 32.2 Å². The van der Waals surface area contributed by atoms with Crippen LogP contribution < -0.4 is 5.32 Å². The van der Waals surface area contributed by atoms with Crippen LogP contribution >= 0.6 is 0 Å². The van der Waals surface area contributed by atoms with Gasteiger partial charge in [-0.25, -0.2) is 0 Å². The van der Waals surface area contributed by atoms with Crippen LogP contribution in [0.4, 0.5) is 0 Å². The maximum atomic E-state index is 5.63. The molecule has 14 heavy (non-hydrogen) atoms. The molecule has 3 nitrogen and oxygen atoms in total. The minimum absolute atomic E-state index is 0.334. The van der Waals surface area contributed by atoms with Crippen molar-refractivity contribution in [3.05, 3.63) is 11.8 Å². The molecule has 3 heteroatoms. The van der Waals surface area contributed by atoms with Gasteiger partial charge in [-0.15, -0.1) is 0 Å². The lowest BCUT2D eigenvalue weighted by Crippen LogP contribution is -2.33. The van der Waals surface area contributed by atoms with E-state index in [1.165, 1.54) is 0 Å². The number of ether oxygens (including phenoxy) is 2. The lowest BCUT2D eigenvalue weighted by molar-refractivity contribution is 0.142. The summed E-state index contributed by atoms with van der Waals surface area (Å²) in [4.78, 5) is 0. The highest BCUT2D eigenvalue weighted by molar-refractivity contribution is 5.05. The summed E-state index contributed by atoms with van der Waals surface area (Å²) in [5.74, 6) is 1.11. The van der Waals surface area contributed by atoms with Crippen LogP contribution in [0.15, 0.2) is 11.8 Å². The SMILES string of the molecule is CCNC(CCOC)C1=CCCCO1. The summed E-state index contributed by atoms with van der Waals surface area (Å²) in [5.41, 5.74) is 0. The number of hydrogen-bond donors (Lipinski definition) is 1. The highest BCUT2D eigenvalue weighted by Crippen LogP contribution is 2.15. The van der Waals surface area contributed by atoms with E-state index in [1.807, 2.05) is 0 Å². The molecule has 1 aliphatic heterocycles. The summed E-state index contributed by atoms with van der Waals surface area (Å²) < 4.78 is 10.7. The Bertz CT molecular complexity index is 180. The highest BCUT2D eigenvalue weighted by atomic mass is 16.5. The highest BCUT2D eigenvalue weighted by Gasteiger charge is 2.16. The number of nitrogens with one attached hydrogen (secondary N) is 1. The third-order valence-corrected chi connectivity index (χ3v) is 2.37. The fourth-order valence-corrected chi connectivity index (χ4v) is 1.65. The molecule has 1 N–H and O–H groups in total. The molecular weight excluding hydrogens is 178 g/mol. The Hall–Kier alpha value is -0.540. The van der Waals surface area contributed by atoms with E-state index in [9.17, 15) is 0 Å². The van der Waals surface area contributed by atoms with Gasteiger partial charge >= 0.3 is 0 Å². The predicted octanol–water partition coefficient (Wildman–Crippen LogP) is 1.70. The van der Waals surface area contributed by atoms with Crippen LogP contribution in [0.3, 0.4) is 0 Å². The maximum Gasteiger partial charge on any atom is 0.109 e. The lowest BCUT2D eigenvalue weighted by atomic mass is 10.1. The van der Waals surface area contributed by atoms with Crippen LogP contribution in [-0.2, 0) is 9.47 Å². The van der Waals surface area contributed by atoms with E-state index in [0.29, 0.717) is 6.04 Å². The summed E-state index contributed by atoms with van der Waals surface area (Å²) in [6.45, 7) is 4.72. The van der Waals surface area contributed by atoms with Crippen molar-refractivity contribution >= 4 is 0 Å². The number of methoxy groups -OCH3 is 1. The van der Waals surface area contributed by atoms with Crippen LogP contribution in [0.25, 0.3) is 0 Å². The zero-order valence-electron chi connectivity index (χ0n) is 9.21. The molecule has 1 atom stereocenters. The molecule has 0 saturated heterocycles. The summed E-state index contributed by atoms with van der Waals surface area (Å²) in [7, 11) is 1.74. The van der Waals surface area contributed by atoms with Gasteiger partial charge in [-0.3, -0.25) is 0 Å². The van der Waals surface area contributed by atoms with Crippen LogP contribution in [0.1, 0.15) is 26.2 Å². The number of hydrogen-bond acceptors (Lipinski definition) is 3. The zero-order valence-corrected chi connectivity index (χ0v) is 9.21. The standard InChI is InChI=1S/C11H21NO2/c1-3-12-10(7-9-13-2)11-6-4-5-8-14-11/h6,10,12H,3-5,7-9H2,1-2H3. The molecule has 0 aromatic heterocycles. The minimum atomic E-state index is 0.334. The molecule has 0 aromatic carbocycles. The van der Waals surface area contributed by atoms with Crippen molar-refractivity contribution in [2.24, 2.45) is 0 Å². The Morgan fingerprint density at radius 1 is 1.64 bits per heavy atom. The van der Waals surface area contributed by atoms with Crippen LogP contribution in [0.5, 0.6) is 0 Å². The first kappa shape index (κ1) is 11.5. The van der Waals surface area contributed by atoms with Gasteiger partial charge in [-0.2, -0.15) is 0 Å². The Balaban J connectivity index is 2.42. The van der Waals surface area contributed by atoms with Gasteiger partial charge in [0.25, 0.3) is 0 Å². The van der Waals surface area contributed by atoms with Gasteiger partial charge in [-0.05, 0) is 31.9 Å². The monoisotopic (exact) mass is 199 g/mol. The van der Waals surface area contributed by atoms with Gasteiger partial charge in [0.15, 0.2) is 0 Å². The van der Waals surface area contributed by atoms with E-state index in [1.54, 1.807) is 7.11 Å². The second kappa shape index (κ2) is 6.85. The second-order valence-electron chi connectivity index (χ2n) is 3.49. The van der Waals surface area contributed by atoms with E-state index in [0.717, 1.165) is 44.8 Å². The third-order valence-electron chi connectivity index (χ3n) is 2.37. The van der Waals surface area contributed by atoms with Crippen molar-refractivity contribution < 1.29 is 9.47 Å². The third kappa shape index (κ3) is 3.68. The Labute approximate surface area is 86.5 Å². The lowest BCUT2D eigenvalue weighted by Gasteiger charge is -2.24. The molecule has 0 spiro atoms. The summed E-state index contributed by atoms with van der Waals surface area (Å²) >= 11 is 0. The molecule has 1 rings (SSSR count). The summed E-state index contributed by atoms with van der Waals surface area (Å²) in [6.07, 6.45) is 5.47. The maximum absolute atomic E-state index is 5.63. The molecular formula is C11H21NO2. The quantitative estimate of drug-likeness (QED) is 0.706. The molecule has 82 valence electrons. The van der Waals surface area contributed by atoms with E-state index >= 15 is 0 Å². The summed E-state index contributed by atoms with van der Waals surface area (Å²) in [5, 5.41) is 3.41. The van der Waals surface area contributed by atoms with Gasteiger partial charge in [-0.1, -0.05) is 6.92 Å².